The molecular formula is C17H11ClFNO3S. The minimum atomic E-state index is -1.09. The number of carbonyl (C=O) groups is 1. The van der Waals surface area contributed by atoms with Crippen molar-refractivity contribution in [3.63, 3.8) is 0 Å². The lowest BCUT2D eigenvalue weighted by atomic mass is 10.2. The van der Waals surface area contributed by atoms with Crippen molar-refractivity contribution in [3.05, 3.63) is 69.9 Å². The van der Waals surface area contributed by atoms with Crippen LogP contribution in [0, 0.1) is 5.82 Å². The van der Waals surface area contributed by atoms with Gasteiger partial charge in [-0.2, -0.15) is 0 Å². The van der Waals surface area contributed by atoms with Crippen LogP contribution in [-0.4, -0.2) is 16.1 Å². The standard InChI is InChI=1S/C17H11ClFNO3S/c18-11-3-6-15(23-8-10-1-4-12(19)5-2-10)13(7-11)16-20-14(9-24-16)17(21)22/h1-7,9H,8H2,(H,21,22). The second-order valence-corrected chi connectivity index (χ2v) is 6.19. The maximum Gasteiger partial charge on any atom is 0.355 e. The summed E-state index contributed by atoms with van der Waals surface area (Å²) >= 11 is 7.23. The van der Waals surface area contributed by atoms with E-state index in [1.54, 1.807) is 30.3 Å². The molecule has 0 bridgehead atoms. The normalized spacial score (nSPS) is 10.6. The molecule has 0 fully saturated rings. The number of carboxylic acid groups (broad SMARTS) is 1. The molecule has 0 unspecified atom stereocenters. The molecule has 2 aromatic carbocycles. The van der Waals surface area contributed by atoms with Crippen LogP contribution >= 0.6 is 22.9 Å². The zero-order chi connectivity index (χ0) is 17.1. The topological polar surface area (TPSA) is 59.4 Å². The summed E-state index contributed by atoms with van der Waals surface area (Å²) in [7, 11) is 0. The van der Waals surface area contributed by atoms with Gasteiger partial charge in [0.15, 0.2) is 5.69 Å². The highest BCUT2D eigenvalue weighted by atomic mass is 35.5. The quantitative estimate of drug-likeness (QED) is 0.701. The highest BCUT2D eigenvalue weighted by Crippen LogP contribution is 2.35. The Morgan fingerprint density at radius 1 is 1.25 bits per heavy atom. The van der Waals surface area contributed by atoms with Crippen molar-refractivity contribution >= 4 is 28.9 Å². The number of carboxylic acids is 1. The summed E-state index contributed by atoms with van der Waals surface area (Å²) in [5.74, 6) is -0.877. The second kappa shape index (κ2) is 6.98. The number of hydrogen-bond acceptors (Lipinski definition) is 4. The van der Waals surface area contributed by atoms with Crippen molar-refractivity contribution in [3.8, 4) is 16.3 Å². The summed E-state index contributed by atoms with van der Waals surface area (Å²) in [6.07, 6.45) is 0. The van der Waals surface area contributed by atoms with Crippen LogP contribution in [-0.2, 0) is 6.61 Å². The Kier molecular flexibility index (Phi) is 4.78. The van der Waals surface area contributed by atoms with Gasteiger partial charge in [0.25, 0.3) is 0 Å². The molecule has 1 aromatic heterocycles. The predicted octanol–water partition coefficient (Wildman–Crippen LogP) is 4.88. The van der Waals surface area contributed by atoms with E-state index >= 15 is 0 Å². The maximum absolute atomic E-state index is 12.9. The van der Waals surface area contributed by atoms with Crippen molar-refractivity contribution in [2.75, 3.05) is 0 Å². The molecule has 0 atom stereocenters. The van der Waals surface area contributed by atoms with Gasteiger partial charge < -0.3 is 9.84 Å². The Bertz CT molecular complexity index is 880. The first-order valence-corrected chi connectivity index (χ1v) is 8.14. The number of aromatic nitrogens is 1. The minimum absolute atomic E-state index is 0.0283. The Labute approximate surface area is 146 Å². The van der Waals surface area contributed by atoms with E-state index in [9.17, 15) is 9.18 Å². The molecule has 0 spiro atoms. The predicted molar refractivity (Wildman–Crippen MR) is 90.3 cm³/mol. The van der Waals surface area contributed by atoms with Crippen molar-refractivity contribution in [2.45, 2.75) is 6.61 Å². The van der Waals surface area contributed by atoms with E-state index < -0.39 is 5.97 Å². The lowest BCUT2D eigenvalue weighted by molar-refractivity contribution is 0.0691. The van der Waals surface area contributed by atoms with Gasteiger partial charge in [-0.15, -0.1) is 11.3 Å². The fourth-order valence-electron chi connectivity index (χ4n) is 2.03. The number of benzene rings is 2. The van der Waals surface area contributed by atoms with E-state index in [1.807, 2.05) is 0 Å². The molecule has 0 saturated carbocycles. The number of thiazole rings is 1. The fraction of sp³-hybridized carbons (Fsp3) is 0.0588. The van der Waals surface area contributed by atoms with Crippen LogP contribution in [0.5, 0.6) is 5.75 Å². The van der Waals surface area contributed by atoms with E-state index in [4.69, 9.17) is 21.4 Å². The van der Waals surface area contributed by atoms with Gasteiger partial charge in [-0.05, 0) is 35.9 Å². The monoisotopic (exact) mass is 363 g/mol. The minimum Gasteiger partial charge on any atom is -0.488 e. The maximum atomic E-state index is 12.9. The van der Waals surface area contributed by atoms with Crippen LogP contribution in [0.1, 0.15) is 16.1 Å². The molecule has 0 aliphatic heterocycles. The average Bonchev–Trinajstić information content (AvgIpc) is 3.05. The molecule has 7 heteroatoms. The molecule has 4 nitrogen and oxygen atoms in total. The highest BCUT2D eigenvalue weighted by Gasteiger charge is 2.15. The van der Waals surface area contributed by atoms with Crippen molar-refractivity contribution in [2.24, 2.45) is 0 Å². The molecule has 1 heterocycles. The van der Waals surface area contributed by atoms with Crippen molar-refractivity contribution in [1.29, 1.82) is 0 Å². The first-order chi connectivity index (χ1) is 11.5. The number of aromatic carboxylic acids is 1. The molecule has 3 rings (SSSR count). The van der Waals surface area contributed by atoms with Crippen LogP contribution in [0.3, 0.4) is 0 Å². The molecular weight excluding hydrogens is 353 g/mol. The highest BCUT2D eigenvalue weighted by molar-refractivity contribution is 7.13. The SMILES string of the molecule is O=C(O)c1csc(-c2cc(Cl)ccc2OCc2ccc(F)cc2)n1. The van der Waals surface area contributed by atoms with Gasteiger partial charge in [-0.25, -0.2) is 14.2 Å². The van der Waals surface area contributed by atoms with Crippen molar-refractivity contribution in [1.82, 2.24) is 4.98 Å². The Hall–Kier alpha value is -2.44. The van der Waals surface area contributed by atoms with E-state index in [-0.39, 0.29) is 18.1 Å². The molecule has 0 saturated heterocycles. The summed E-state index contributed by atoms with van der Waals surface area (Å²) in [5.41, 5.74) is 1.39. The third kappa shape index (κ3) is 3.72. The van der Waals surface area contributed by atoms with Crippen LogP contribution in [0.25, 0.3) is 10.6 Å². The first kappa shape index (κ1) is 16.4. The number of halogens is 2. The van der Waals surface area contributed by atoms with Gasteiger partial charge in [0.1, 0.15) is 23.2 Å². The van der Waals surface area contributed by atoms with Crippen LogP contribution in [0.2, 0.25) is 5.02 Å². The first-order valence-electron chi connectivity index (χ1n) is 6.89. The molecule has 1 N–H and O–H groups in total. The molecule has 3 aromatic rings. The Morgan fingerprint density at radius 2 is 2.00 bits per heavy atom. The summed E-state index contributed by atoms with van der Waals surface area (Å²) in [6, 6.07) is 11.0. The van der Waals surface area contributed by atoms with Gasteiger partial charge in [0, 0.05) is 10.4 Å². The molecule has 0 amide bonds. The second-order valence-electron chi connectivity index (χ2n) is 4.90. The summed E-state index contributed by atoms with van der Waals surface area (Å²) in [5, 5.41) is 11.5. The molecule has 0 aliphatic rings. The van der Waals surface area contributed by atoms with Crippen LogP contribution < -0.4 is 4.74 Å². The van der Waals surface area contributed by atoms with Gasteiger partial charge >= 0.3 is 5.97 Å². The number of nitrogens with zero attached hydrogens (tertiary/aromatic N) is 1. The Morgan fingerprint density at radius 3 is 2.67 bits per heavy atom. The number of ether oxygens (including phenoxy) is 1. The van der Waals surface area contributed by atoms with Crippen LogP contribution in [0.4, 0.5) is 4.39 Å². The van der Waals surface area contributed by atoms with Gasteiger partial charge in [0.05, 0.1) is 5.56 Å². The van der Waals surface area contributed by atoms with Gasteiger partial charge in [0.2, 0.25) is 0 Å². The van der Waals surface area contributed by atoms with Crippen LogP contribution in [0.15, 0.2) is 47.8 Å². The average molecular weight is 364 g/mol. The Balaban J connectivity index is 1.87. The summed E-state index contributed by atoms with van der Waals surface area (Å²) in [6.45, 7) is 0.242. The van der Waals surface area contributed by atoms with Gasteiger partial charge in [-0.3, -0.25) is 0 Å². The molecule has 0 aliphatic carbocycles. The molecule has 122 valence electrons. The molecule has 24 heavy (non-hydrogen) atoms. The largest absolute Gasteiger partial charge is 0.488 e. The van der Waals surface area contributed by atoms with Crippen molar-refractivity contribution < 1.29 is 19.0 Å². The van der Waals surface area contributed by atoms with Gasteiger partial charge in [-0.1, -0.05) is 23.7 Å². The zero-order valence-corrected chi connectivity index (χ0v) is 13.8. The zero-order valence-electron chi connectivity index (χ0n) is 12.2. The third-order valence-electron chi connectivity index (χ3n) is 3.20. The lowest BCUT2D eigenvalue weighted by Crippen LogP contribution is -1.98. The van der Waals surface area contributed by atoms with E-state index in [2.05, 4.69) is 4.98 Å². The smallest absolute Gasteiger partial charge is 0.355 e. The third-order valence-corrected chi connectivity index (χ3v) is 4.31. The van der Waals surface area contributed by atoms with E-state index in [1.165, 1.54) is 28.8 Å². The lowest BCUT2D eigenvalue weighted by Gasteiger charge is -2.10. The summed E-state index contributed by atoms with van der Waals surface area (Å²) < 4.78 is 18.7. The number of hydrogen-bond donors (Lipinski definition) is 1. The van der Waals surface area contributed by atoms with E-state index in [0.717, 1.165) is 5.56 Å². The van der Waals surface area contributed by atoms with E-state index in [0.29, 0.717) is 21.3 Å². The number of rotatable bonds is 5. The molecule has 0 radical (unpaired) electrons. The summed E-state index contributed by atoms with van der Waals surface area (Å²) in [4.78, 5) is 15.1. The fourth-order valence-corrected chi connectivity index (χ4v) is 3.02.